The van der Waals surface area contributed by atoms with E-state index in [1.807, 2.05) is 25.1 Å². The fourth-order valence-electron chi connectivity index (χ4n) is 1.14. The van der Waals surface area contributed by atoms with Crippen LogP contribution in [0.2, 0.25) is 0 Å². The first kappa shape index (κ1) is 13.1. The first-order valence-electron chi connectivity index (χ1n) is 4.16. The van der Waals surface area contributed by atoms with Crippen LogP contribution in [0.5, 0.6) is 11.5 Å². The van der Waals surface area contributed by atoms with Crippen LogP contribution in [0, 0.1) is 0 Å². The van der Waals surface area contributed by atoms with Crippen LogP contribution in [0.4, 0.5) is 0 Å². The van der Waals surface area contributed by atoms with Crippen LogP contribution in [0.1, 0.15) is 18.5 Å². The highest BCUT2D eigenvalue weighted by atomic mass is 35.5. The molecule has 0 aliphatic rings. The van der Waals surface area contributed by atoms with E-state index in [0.29, 0.717) is 0 Å². The number of hydrogen-bond acceptors (Lipinski definition) is 3. The maximum atomic E-state index is 5.73. The number of nitrogens with two attached hydrogens (primary N) is 1. The molecule has 1 aromatic rings. The number of rotatable bonds is 3. The lowest BCUT2D eigenvalue weighted by molar-refractivity contribution is 0.354. The lowest BCUT2D eigenvalue weighted by atomic mass is 10.1. The number of halogens is 1. The lowest BCUT2D eigenvalue weighted by Gasteiger charge is -2.11. The van der Waals surface area contributed by atoms with Gasteiger partial charge < -0.3 is 15.2 Å². The van der Waals surface area contributed by atoms with Gasteiger partial charge in [0.1, 0.15) is 0 Å². The normalized spacial score (nSPS) is 11.4. The third-order valence-electron chi connectivity index (χ3n) is 1.93. The second-order valence-electron chi connectivity index (χ2n) is 2.90. The van der Waals surface area contributed by atoms with Crippen molar-refractivity contribution >= 4 is 12.4 Å². The number of benzene rings is 1. The van der Waals surface area contributed by atoms with Gasteiger partial charge in [-0.05, 0) is 24.6 Å². The highest BCUT2D eigenvalue weighted by molar-refractivity contribution is 5.85. The molecule has 0 saturated heterocycles. The zero-order chi connectivity index (χ0) is 9.84. The van der Waals surface area contributed by atoms with Crippen LogP contribution in [-0.2, 0) is 0 Å². The molecule has 0 unspecified atom stereocenters. The molecule has 0 aromatic heterocycles. The Bertz CT molecular complexity index is 289. The Kier molecular flexibility index (Phi) is 5.35. The molecule has 0 amide bonds. The standard InChI is InChI=1S/C10H15NO2.ClH/c1-7(11)8-4-5-9(12-2)10(6-8)13-3;/h4-7H,11H2,1-3H3;1H/t7-;/m1./s1. The molecule has 0 aliphatic carbocycles. The Morgan fingerprint density at radius 2 is 1.71 bits per heavy atom. The van der Waals surface area contributed by atoms with Crippen LogP contribution in [-0.4, -0.2) is 14.2 Å². The van der Waals surface area contributed by atoms with Crippen molar-refractivity contribution in [3.8, 4) is 11.5 Å². The third-order valence-corrected chi connectivity index (χ3v) is 1.93. The maximum absolute atomic E-state index is 5.73. The largest absolute Gasteiger partial charge is 0.493 e. The molecule has 0 heterocycles. The molecule has 1 rings (SSSR count). The van der Waals surface area contributed by atoms with Crippen molar-refractivity contribution in [2.75, 3.05) is 14.2 Å². The summed E-state index contributed by atoms with van der Waals surface area (Å²) in [7, 11) is 3.23. The molecule has 0 radical (unpaired) electrons. The number of hydrogen-bond donors (Lipinski definition) is 1. The highest BCUT2D eigenvalue weighted by Gasteiger charge is 2.06. The topological polar surface area (TPSA) is 44.5 Å². The summed E-state index contributed by atoms with van der Waals surface area (Å²) < 4.78 is 10.3. The van der Waals surface area contributed by atoms with Gasteiger partial charge in [-0.15, -0.1) is 12.4 Å². The van der Waals surface area contributed by atoms with Crippen LogP contribution >= 0.6 is 12.4 Å². The summed E-state index contributed by atoms with van der Waals surface area (Å²) in [5.74, 6) is 1.45. The van der Waals surface area contributed by atoms with Crippen molar-refractivity contribution in [3.63, 3.8) is 0 Å². The van der Waals surface area contributed by atoms with Crippen molar-refractivity contribution in [3.05, 3.63) is 23.8 Å². The summed E-state index contributed by atoms with van der Waals surface area (Å²) in [5.41, 5.74) is 6.77. The van der Waals surface area contributed by atoms with E-state index in [4.69, 9.17) is 15.2 Å². The Morgan fingerprint density at radius 3 is 2.14 bits per heavy atom. The van der Waals surface area contributed by atoms with Crippen molar-refractivity contribution in [2.24, 2.45) is 5.73 Å². The zero-order valence-corrected chi connectivity index (χ0v) is 9.43. The molecule has 2 N–H and O–H groups in total. The van der Waals surface area contributed by atoms with Crippen LogP contribution in [0.15, 0.2) is 18.2 Å². The Hall–Kier alpha value is -0.930. The molecule has 1 aromatic carbocycles. The molecule has 0 aliphatic heterocycles. The predicted octanol–water partition coefficient (Wildman–Crippen LogP) is 2.15. The fourth-order valence-corrected chi connectivity index (χ4v) is 1.14. The minimum atomic E-state index is 0. The van der Waals surface area contributed by atoms with Gasteiger partial charge in [-0.2, -0.15) is 0 Å². The average Bonchev–Trinajstić information content (AvgIpc) is 2.16. The molecule has 0 fully saturated rings. The number of ether oxygens (including phenoxy) is 2. The average molecular weight is 218 g/mol. The van der Waals surface area contributed by atoms with Crippen LogP contribution < -0.4 is 15.2 Å². The minimum Gasteiger partial charge on any atom is -0.493 e. The van der Waals surface area contributed by atoms with Crippen LogP contribution in [0.3, 0.4) is 0 Å². The van der Waals surface area contributed by atoms with Crippen molar-refractivity contribution in [2.45, 2.75) is 13.0 Å². The van der Waals surface area contributed by atoms with Crippen molar-refractivity contribution < 1.29 is 9.47 Å². The number of methoxy groups -OCH3 is 2. The van der Waals surface area contributed by atoms with Gasteiger partial charge in [-0.3, -0.25) is 0 Å². The molecule has 1 atom stereocenters. The van der Waals surface area contributed by atoms with Crippen LogP contribution in [0.25, 0.3) is 0 Å². The van der Waals surface area contributed by atoms with Gasteiger partial charge in [0.25, 0.3) is 0 Å². The summed E-state index contributed by atoms with van der Waals surface area (Å²) in [4.78, 5) is 0. The van der Waals surface area contributed by atoms with E-state index in [1.165, 1.54) is 0 Å². The van der Waals surface area contributed by atoms with Gasteiger partial charge in [0.2, 0.25) is 0 Å². The van der Waals surface area contributed by atoms with Gasteiger partial charge >= 0.3 is 0 Å². The molecular weight excluding hydrogens is 202 g/mol. The van der Waals surface area contributed by atoms with Crippen molar-refractivity contribution in [1.82, 2.24) is 0 Å². The molecule has 0 saturated carbocycles. The monoisotopic (exact) mass is 217 g/mol. The molecular formula is C10H16ClNO2. The minimum absolute atomic E-state index is 0. The van der Waals surface area contributed by atoms with Gasteiger partial charge in [0, 0.05) is 6.04 Å². The van der Waals surface area contributed by atoms with E-state index in [9.17, 15) is 0 Å². The molecule has 0 spiro atoms. The molecule has 3 nitrogen and oxygen atoms in total. The summed E-state index contributed by atoms with van der Waals surface area (Å²) in [5, 5.41) is 0. The molecule has 0 bridgehead atoms. The summed E-state index contributed by atoms with van der Waals surface area (Å²) >= 11 is 0. The Morgan fingerprint density at radius 1 is 1.14 bits per heavy atom. The highest BCUT2D eigenvalue weighted by Crippen LogP contribution is 2.29. The van der Waals surface area contributed by atoms with Gasteiger partial charge in [0.15, 0.2) is 11.5 Å². The third kappa shape index (κ3) is 2.79. The Labute approximate surface area is 90.6 Å². The molecule has 4 heteroatoms. The first-order valence-corrected chi connectivity index (χ1v) is 4.16. The van der Waals surface area contributed by atoms with E-state index < -0.39 is 0 Å². The fraction of sp³-hybridized carbons (Fsp3) is 0.400. The van der Waals surface area contributed by atoms with Gasteiger partial charge in [-0.25, -0.2) is 0 Å². The SMILES string of the molecule is COc1ccc([C@@H](C)N)cc1OC.Cl. The van der Waals surface area contributed by atoms with E-state index >= 15 is 0 Å². The van der Waals surface area contributed by atoms with Gasteiger partial charge in [0.05, 0.1) is 14.2 Å². The van der Waals surface area contributed by atoms with Crippen molar-refractivity contribution in [1.29, 1.82) is 0 Å². The smallest absolute Gasteiger partial charge is 0.161 e. The second-order valence-corrected chi connectivity index (χ2v) is 2.90. The van der Waals surface area contributed by atoms with E-state index in [-0.39, 0.29) is 18.4 Å². The summed E-state index contributed by atoms with van der Waals surface area (Å²) in [6.45, 7) is 1.93. The first-order chi connectivity index (χ1) is 6.19. The molecule has 80 valence electrons. The lowest BCUT2D eigenvalue weighted by Crippen LogP contribution is -2.05. The maximum Gasteiger partial charge on any atom is 0.161 e. The summed E-state index contributed by atoms with van der Waals surface area (Å²) in [6.07, 6.45) is 0. The zero-order valence-electron chi connectivity index (χ0n) is 8.61. The Balaban J connectivity index is 0.00000169. The quantitative estimate of drug-likeness (QED) is 0.844. The van der Waals surface area contributed by atoms with E-state index in [1.54, 1.807) is 14.2 Å². The van der Waals surface area contributed by atoms with Gasteiger partial charge in [-0.1, -0.05) is 6.07 Å². The van der Waals surface area contributed by atoms with E-state index in [0.717, 1.165) is 17.1 Å². The predicted molar refractivity (Wildman–Crippen MR) is 59.4 cm³/mol. The molecule has 14 heavy (non-hydrogen) atoms. The second kappa shape index (κ2) is 5.73. The summed E-state index contributed by atoms with van der Waals surface area (Å²) in [6, 6.07) is 5.70. The van der Waals surface area contributed by atoms with E-state index in [2.05, 4.69) is 0 Å².